The minimum Gasteiger partial charge on any atom is -0.484 e. The van der Waals surface area contributed by atoms with Gasteiger partial charge in [0.05, 0.1) is 16.9 Å². The van der Waals surface area contributed by atoms with E-state index >= 15 is 0 Å². The highest BCUT2D eigenvalue weighted by atomic mass is 79.9. The van der Waals surface area contributed by atoms with E-state index in [1.165, 1.54) is 16.9 Å². The first-order valence-corrected chi connectivity index (χ1v) is 10.7. The molecule has 2 amide bonds. The number of hydrogen-bond donors (Lipinski definition) is 2. The zero-order valence-corrected chi connectivity index (χ0v) is 19.6. The van der Waals surface area contributed by atoms with E-state index in [-0.39, 0.29) is 24.0 Å². The van der Waals surface area contributed by atoms with E-state index in [9.17, 15) is 9.59 Å². The topological polar surface area (TPSA) is 98.4 Å². The lowest BCUT2D eigenvalue weighted by molar-refractivity contribution is 0.0940. The van der Waals surface area contributed by atoms with Crippen molar-refractivity contribution in [2.75, 3.05) is 11.9 Å². The molecular formula is C21H22BrClN4O4. The summed E-state index contributed by atoms with van der Waals surface area (Å²) in [5.41, 5.74) is 0.554. The molecule has 0 aliphatic heterocycles. The van der Waals surface area contributed by atoms with Gasteiger partial charge in [0.2, 0.25) is 0 Å². The van der Waals surface area contributed by atoms with Crippen molar-refractivity contribution in [3.05, 3.63) is 63.2 Å². The van der Waals surface area contributed by atoms with E-state index in [1.807, 2.05) is 19.9 Å². The van der Waals surface area contributed by atoms with E-state index in [4.69, 9.17) is 20.8 Å². The fourth-order valence-electron chi connectivity index (χ4n) is 2.68. The molecule has 2 aromatic heterocycles. The number of aryl methyl sites for hydroxylation is 1. The van der Waals surface area contributed by atoms with Crippen LogP contribution < -0.4 is 15.4 Å². The lowest BCUT2D eigenvalue weighted by Crippen LogP contribution is -2.30. The summed E-state index contributed by atoms with van der Waals surface area (Å²) in [6, 6.07) is 8.44. The average molecular weight is 510 g/mol. The molecule has 0 spiro atoms. The average Bonchev–Trinajstić information content (AvgIpc) is 3.32. The van der Waals surface area contributed by atoms with Crippen LogP contribution in [0.1, 0.15) is 40.7 Å². The number of nitrogens with one attached hydrogen (secondary N) is 2. The number of nitrogens with zero attached hydrogens (tertiary/aromatic N) is 2. The van der Waals surface area contributed by atoms with Gasteiger partial charge in [0.1, 0.15) is 23.8 Å². The van der Waals surface area contributed by atoms with Crippen LogP contribution in [0, 0.1) is 5.92 Å². The molecule has 0 radical (unpaired) electrons. The van der Waals surface area contributed by atoms with E-state index in [0.717, 1.165) is 4.47 Å². The molecule has 2 N–H and O–H groups in total. The second-order valence-corrected chi connectivity index (χ2v) is 8.54. The SMILES string of the molecule is CC(C)CNC(=O)c1c(NC(=O)c2ccc(COc3ccc(Br)cc3Cl)o2)cnn1C. The third-order valence-corrected chi connectivity index (χ3v) is 5.01. The van der Waals surface area contributed by atoms with Crippen molar-refractivity contribution < 1.29 is 18.7 Å². The summed E-state index contributed by atoms with van der Waals surface area (Å²) in [5, 5.41) is 10.0. The van der Waals surface area contributed by atoms with Gasteiger partial charge >= 0.3 is 0 Å². The number of rotatable bonds is 8. The monoisotopic (exact) mass is 508 g/mol. The van der Waals surface area contributed by atoms with Gasteiger partial charge in [0.25, 0.3) is 11.8 Å². The van der Waals surface area contributed by atoms with Gasteiger partial charge in [-0.25, -0.2) is 0 Å². The minimum atomic E-state index is -0.501. The Kier molecular flexibility index (Phi) is 7.40. The number of carbonyl (C=O) groups excluding carboxylic acids is 2. The summed E-state index contributed by atoms with van der Waals surface area (Å²) >= 11 is 9.47. The van der Waals surface area contributed by atoms with Crippen LogP contribution in [0.3, 0.4) is 0 Å². The van der Waals surface area contributed by atoms with Gasteiger partial charge in [-0.05, 0) is 36.2 Å². The number of amides is 2. The van der Waals surface area contributed by atoms with Crippen LogP contribution in [0.4, 0.5) is 5.69 Å². The van der Waals surface area contributed by atoms with Crippen LogP contribution in [0.25, 0.3) is 0 Å². The second kappa shape index (κ2) is 10.0. The number of carbonyl (C=O) groups is 2. The van der Waals surface area contributed by atoms with Crippen molar-refractivity contribution >= 4 is 45.0 Å². The standard InChI is InChI=1S/C21H22BrClN4O4/c1-12(2)9-24-21(29)19-16(10-25-27(19)3)26-20(28)18-7-5-14(31-18)11-30-17-6-4-13(22)8-15(17)23/h4-8,10,12H,9,11H2,1-3H3,(H,24,29)(H,26,28). The number of hydrogen-bond acceptors (Lipinski definition) is 5. The molecular weight excluding hydrogens is 488 g/mol. The zero-order chi connectivity index (χ0) is 22.5. The van der Waals surface area contributed by atoms with Crippen LogP contribution in [-0.2, 0) is 13.7 Å². The third-order valence-electron chi connectivity index (χ3n) is 4.22. The molecule has 10 heteroatoms. The molecule has 0 fully saturated rings. The van der Waals surface area contributed by atoms with Crippen LogP contribution in [0.2, 0.25) is 5.02 Å². The number of aromatic nitrogens is 2. The van der Waals surface area contributed by atoms with E-state index in [1.54, 1.807) is 25.2 Å². The number of benzene rings is 1. The van der Waals surface area contributed by atoms with E-state index in [0.29, 0.717) is 34.7 Å². The molecule has 0 aliphatic carbocycles. The molecule has 2 heterocycles. The molecule has 0 bridgehead atoms. The zero-order valence-electron chi connectivity index (χ0n) is 17.2. The Morgan fingerprint density at radius 3 is 2.74 bits per heavy atom. The molecule has 3 aromatic rings. The maximum absolute atomic E-state index is 12.6. The Morgan fingerprint density at radius 1 is 1.26 bits per heavy atom. The molecule has 0 aliphatic rings. The molecule has 31 heavy (non-hydrogen) atoms. The molecule has 1 aromatic carbocycles. The lowest BCUT2D eigenvalue weighted by atomic mass is 10.2. The lowest BCUT2D eigenvalue weighted by Gasteiger charge is -2.10. The molecule has 8 nitrogen and oxygen atoms in total. The van der Waals surface area contributed by atoms with Gasteiger partial charge in [-0.3, -0.25) is 14.3 Å². The normalized spacial score (nSPS) is 10.9. The number of anilines is 1. The van der Waals surface area contributed by atoms with Gasteiger partial charge in [0.15, 0.2) is 5.76 Å². The van der Waals surface area contributed by atoms with Gasteiger partial charge in [-0.1, -0.05) is 41.4 Å². The molecule has 0 unspecified atom stereocenters. The highest BCUT2D eigenvalue weighted by Gasteiger charge is 2.21. The predicted octanol–water partition coefficient (Wildman–Crippen LogP) is 4.65. The van der Waals surface area contributed by atoms with Gasteiger partial charge in [-0.2, -0.15) is 5.10 Å². The van der Waals surface area contributed by atoms with Crippen molar-refractivity contribution in [1.82, 2.24) is 15.1 Å². The Balaban J connectivity index is 1.64. The molecule has 3 rings (SSSR count). The summed E-state index contributed by atoms with van der Waals surface area (Å²) in [5.74, 6) is 0.511. The maximum atomic E-state index is 12.6. The summed E-state index contributed by atoms with van der Waals surface area (Å²) in [6.45, 7) is 4.61. The Morgan fingerprint density at radius 2 is 2.03 bits per heavy atom. The summed E-state index contributed by atoms with van der Waals surface area (Å²) in [7, 11) is 1.63. The van der Waals surface area contributed by atoms with E-state index < -0.39 is 5.91 Å². The Hall–Kier alpha value is -2.78. The van der Waals surface area contributed by atoms with Gasteiger partial charge in [0, 0.05) is 18.1 Å². The van der Waals surface area contributed by atoms with Gasteiger partial charge in [-0.15, -0.1) is 0 Å². The molecule has 164 valence electrons. The van der Waals surface area contributed by atoms with Crippen LogP contribution in [0.15, 0.2) is 45.4 Å². The molecule has 0 atom stereocenters. The van der Waals surface area contributed by atoms with Crippen molar-refractivity contribution in [3.8, 4) is 5.75 Å². The first-order valence-electron chi connectivity index (χ1n) is 9.52. The fraction of sp³-hybridized carbons (Fsp3) is 0.286. The fourth-order valence-corrected chi connectivity index (χ4v) is 3.41. The Labute approximate surface area is 193 Å². The largest absolute Gasteiger partial charge is 0.484 e. The highest BCUT2D eigenvalue weighted by molar-refractivity contribution is 9.10. The third kappa shape index (κ3) is 5.89. The number of halogens is 2. The van der Waals surface area contributed by atoms with E-state index in [2.05, 4.69) is 31.7 Å². The van der Waals surface area contributed by atoms with Crippen LogP contribution >= 0.6 is 27.5 Å². The summed E-state index contributed by atoms with van der Waals surface area (Å²) in [4.78, 5) is 25.1. The number of ether oxygens (including phenoxy) is 1. The maximum Gasteiger partial charge on any atom is 0.291 e. The van der Waals surface area contributed by atoms with Crippen molar-refractivity contribution in [2.45, 2.75) is 20.5 Å². The smallest absolute Gasteiger partial charge is 0.291 e. The second-order valence-electron chi connectivity index (χ2n) is 7.22. The molecule has 0 saturated heterocycles. The predicted molar refractivity (Wildman–Crippen MR) is 121 cm³/mol. The first-order chi connectivity index (χ1) is 14.7. The van der Waals surface area contributed by atoms with Crippen LogP contribution in [-0.4, -0.2) is 28.1 Å². The summed E-state index contributed by atoms with van der Waals surface area (Å²) < 4.78 is 13.5. The van der Waals surface area contributed by atoms with Crippen molar-refractivity contribution in [1.29, 1.82) is 0 Å². The summed E-state index contributed by atoms with van der Waals surface area (Å²) in [6.07, 6.45) is 1.42. The van der Waals surface area contributed by atoms with Gasteiger partial charge < -0.3 is 19.8 Å². The quantitative estimate of drug-likeness (QED) is 0.461. The first kappa shape index (κ1) is 22.9. The van der Waals surface area contributed by atoms with Crippen LogP contribution in [0.5, 0.6) is 5.75 Å². The Bertz CT molecular complexity index is 1090. The van der Waals surface area contributed by atoms with Crippen molar-refractivity contribution in [2.24, 2.45) is 13.0 Å². The minimum absolute atomic E-state index is 0.0814. The molecule has 0 saturated carbocycles. The highest BCUT2D eigenvalue weighted by Crippen LogP contribution is 2.28. The number of furan rings is 1. The van der Waals surface area contributed by atoms with Crippen molar-refractivity contribution in [3.63, 3.8) is 0 Å².